The van der Waals surface area contributed by atoms with Crippen molar-refractivity contribution < 1.29 is 22.3 Å². The number of benzene rings is 1. The second-order valence-corrected chi connectivity index (χ2v) is 7.95. The summed E-state index contributed by atoms with van der Waals surface area (Å²) in [6.07, 6.45) is 0.434. The average Bonchev–Trinajstić information content (AvgIpc) is 2.86. The van der Waals surface area contributed by atoms with Crippen LogP contribution in [0, 0.1) is 5.82 Å². The number of nitrogens with zero attached hydrogens (tertiary/aromatic N) is 1. The number of hydrogen-bond acceptors (Lipinski definition) is 4. The van der Waals surface area contributed by atoms with Crippen molar-refractivity contribution in [3.8, 4) is 5.75 Å². The van der Waals surface area contributed by atoms with Crippen LogP contribution in [0.2, 0.25) is 0 Å². The zero-order valence-corrected chi connectivity index (χ0v) is 14.2. The van der Waals surface area contributed by atoms with E-state index in [1.165, 1.54) is 30.2 Å². The predicted molar refractivity (Wildman–Crippen MR) is 84.7 cm³/mol. The molecule has 8 heteroatoms. The largest absolute Gasteiger partial charge is 0.496 e. The lowest BCUT2D eigenvalue weighted by molar-refractivity contribution is 0.191. The number of ether oxygens (including phenoxy) is 1. The molecule has 1 aliphatic heterocycles. The van der Waals surface area contributed by atoms with E-state index >= 15 is 0 Å². The van der Waals surface area contributed by atoms with Crippen LogP contribution in [0.25, 0.3) is 0 Å². The highest BCUT2D eigenvalue weighted by atomic mass is 32.2. The topological polar surface area (TPSA) is 75.7 Å². The molecule has 128 valence electrons. The van der Waals surface area contributed by atoms with E-state index in [1.807, 2.05) is 0 Å². The van der Waals surface area contributed by atoms with Crippen LogP contribution in [0.15, 0.2) is 18.2 Å². The van der Waals surface area contributed by atoms with Crippen molar-refractivity contribution in [2.75, 3.05) is 25.7 Å². The molecular formula is C15H21FN2O4S. The number of urea groups is 1. The van der Waals surface area contributed by atoms with Gasteiger partial charge < -0.3 is 15.0 Å². The highest BCUT2D eigenvalue weighted by Crippen LogP contribution is 2.26. The van der Waals surface area contributed by atoms with Gasteiger partial charge in [0.15, 0.2) is 9.84 Å². The first kappa shape index (κ1) is 17.5. The monoisotopic (exact) mass is 344 g/mol. The van der Waals surface area contributed by atoms with Crippen LogP contribution >= 0.6 is 0 Å². The third-order valence-electron chi connectivity index (χ3n) is 4.07. The summed E-state index contributed by atoms with van der Waals surface area (Å²) in [5.41, 5.74) is 0.522. The first-order chi connectivity index (χ1) is 10.7. The van der Waals surface area contributed by atoms with Gasteiger partial charge in [-0.25, -0.2) is 17.6 Å². The Bertz CT molecular complexity index is 693. The molecule has 23 heavy (non-hydrogen) atoms. The molecule has 0 bridgehead atoms. The summed E-state index contributed by atoms with van der Waals surface area (Å²) in [5, 5.41) is 2.75. The standard InChI is InChI=1S/C15H21FN2O4S/c1-10(13-8-11(16)4-5-14(13)22-3)17-15(19)18(2)12-6-7-23(20,21)9-12/h4-5,8,10,12H,6-7,9H2,1-3H3,(H,17,19)/t10-,12-/m1/s1. The van der Waals surface area contributed by atoms with Crippen LogP contribution in [-0.2, 0) is 9.84 Å². The van der Waals surface area contributed by atoms with Crippen molar-refractivity contribution in [2.45, 2.75) is 25.4 Å². The molecule has 1 aromatic carbocycles. The summed E-state index contributed by atoms with van der Waals surface area (Å²) >= 11 is 0. The van der Waals surface area contributed by atoms with Crippen LogP contribution in [0.1, 0.15) is 24.9 Å². The molecule has 1 saturated heterocycles. The second kappa shape index (κ2) is 6.74. The van der Waals surface area contributed by atoms with Crippen LogP contribution in [0.5, 0.6) is 5.75 Å². The Morgan fingerprint density at radius 1 is 1.48 bits per heavy atom. The van der Waals surface area contributed by atoms with Gasteiger partial charge in [0.2, 0.25) is 0 Å². The van der Waals surface area contributed by atoms with Crippen molar-refractivity contribution in [2.24, 2.45) is 0 Å². The maximum absolute atomic E-state index is 13.4. The predicted octanol–water partition coefficient (Wildman–Crippen LogP) is 1.72. The minimum absolute atomic E-state index is 0.0193. The summed E-state index contributed by atoms with van der Waals surface area (Å²) in [7, 11) is -0.0233. The molecule has 0 aromatic heterocycles. The zero-order valence-electron chi connectivity index (χ0n) is 13.4. The molecule has 0 unspecified atom stereocenters. The number of halogens is 1. The fourth-order valence-corrected chi connectivity index (χ4v) is 4.43. The Balaban J connectivity index is 2.06. The highest BCUT2D eigenvalue weighted by molar-refractivity contribution is 7.91. The van der Waals surface area contributed by atoms with Gasteiger partial charge in [0.25, 0.3) is 0 Å². The molecule has 1 heterocycles. The number of rotatable bonds is 4. The van der Waals surface area contributed by atoms with Crippen molar-refractivity contribution in [3.05, 3.63) is 29.6 Å². The molecule has 2 atom stereocenters. The van der Waals surface area contributed by atoms with Gasteiger partial charge in [0.1, 0.15) is 11.6 Å². The minimum Gasteiger partial charge on any atom is -0.496 e. The fourth-order valence-electron chi connectivity index (χ4n) is 2.66. The van der Waals surface area contributed by atoms with E-state index in [-0.39, 0.29) is 17.5 Å². The van der Waals surface area contributed by atoms with Gasteiger partial charge in [-0.2, -0.15) is 0 Å². The summed E-state index contributed by atoms with van der Waals surface area (Å²) in [6, 6.07) is 2.89. The molecular weight excluding hydrogens is 323 g/mol. The lowest BCUT2D eigenvalue weighted by Crippen LogP contribution is -2.44. The normalized spacial score (nSPS) is 20.8. The van der Waals surface area contributed by atoms with Gasteiger partial charge in [-0.3, -0.25) is 0 Å². The minimum atomic E-state index is -3.06. The van der Waals surface area contributed by atoms with Gasteiger partial charge in [-0.05, 0) is 31.5 Å². The number of nitrogens with one attached hydrogen (secondary N) is 1. The van der Waals surface area contributed by atoms with Crippen molar-refractivity contribution in [3.63, 3.8) is 0 Å². The molecule has 0 radical (unpaired) electrons. The van der Waals surface area contributed by atoms with Gasteiger partial charge >= 0.3 is 6.03 Å². The number of carbonyl (C=O) groups excluding carboxylic acids is 1. The molecule has 2 amide bonds. The van der Waals surface area contributed by atoms with Gasteiger partial charge in [-0.1, -0.05) is 0 Å². The first-order valence-electron chi connectivity index (χ1n) is 7.30. The molecule has 6 nitrogen and oxygen atoms in total. The molecule has 1 aliphatic rings. The summed E-state index contributed by atoms with van der Waals surface area (Å²) in [6.45, 7) is 1.72. The summed E-state index contributed by atoms with van der Waals surface area (Å²) in [4.78, 5) is 13.7. The van der Waals surface area contributed by atoms with E-state index in [0.29, 0.717) is 17.7 Å². The number of sulfone groups is 1. The molecule has 0 aliphatic carbocycles. The quantitative estimate of drug-likeness (QED) is 0.902. The third kappa shape index (κ3) is 4.13. The van der Waals surface area contributed by atoms with Crippen LogP contribution < -0.4 is 10.1 Å². The maximum atomic E-state index is 13.4. The van der Waals surface area contributed by atoms with E-state index < -0.39 is 27.7 Å². The lowest BCUT2D eigenvalue weighted by Gasteiger charge is -2.26. The zero-order chi connectivity index (χ0) is 17.2. The molecule has 1 fully saturated rings. The third-order valence-corrected chi connectivity index (χ3v) is 5.83. The van der Waals surface area contributed by atoms with Crippen LogP contribution in [0.3, 0.4) is 0 Å². The first-order valence-corrected chi connectivity index (χ1v) is 9.13. The maximum Gasteiger partial charge on any atom is 0.317 e. The number of amides is 2. The molecule has 1 N–H and O–H groups in total. The molecule has 0 saturated carbocycles. The van der Waals surface area contributed by atoms with Crippen molar-refractivity contribution >= 4 is 15.9 Å². The van der Waals surface area contributed by atoms with Gasteiger partial charge in [0.05, 0.1) is 24.7 Å². The lowest BCUT2D eigenvalue weighted by atomic mass is 10.1. The highest BCUT2D eigenvalue weighted by Gasteiger charge is 2.33. The Labute approximate surface area is 135 Å². The molecule has 0 spiro atoms. The van der Waals surface area contributed by atoms with Gasteiger partial charge in [0, 0.05) is 18.7 Å². The van der Waals surface area contributed by atoms with Crippen LogP contribution in [0.4, 0.5) is 9.18 Å². The number of carbonyl (C=O) groups is 1. The molecule has 1 aromatic rings. The SMILES string of the molecule is COc1ccc(F)cc1[C@@H](C)NC(=O)N(C)[C@@H]1CCS(=O)(=O)C1. The summed E-state index contributed by atoms with van der Waals surface area (Å²) in [5.74, 6) is 0.138. The number of methoxy groups -OCH3 is 1. The van der Waals surface area contributed by atoms with E-state index in [1.54, 1.807) is 14.0 Å². The van der Waals surface area contributed by atoms with Crippen LogP contribution in [-0.4, -0.2) is 51.1 Å². The smallest absolute Gasteiger partial charge is 0.317 e. The van der Waals surface area contributed by atoms with E-state index in [2.05, 4.69) is 5.32 Å². The van der Waals surface area contributed by atoms with Crippen molar-refractivity contribution in [1.29, 1.82) is 0 Å². The van der Waals surface area contributed by atoms with E-state index in [9.17, 15) is 17.6 Å². The Morgan fingerprint density at radius 3 is 2.74 bits per heavy atom. The summed E-state index contributed by atoms with van der Waals surface area (Å²) < 4.78 is 41.6. The Hall–Kier alpha value is -1.83. The average molecular weight is 344 g/mol. The number of hydrogen-bond donors (Lipinski definition) is 1. The van der Waals surface area contributed by atoms with E-state index in [0.717, 1.165) is 0 Å². The fraction of sp³-hybridized carbons (Fsp3) is 0.533. The van der Waals surface area contributed by atoms with Crippen molar-refractivity contribution in [1.82, 2.24) is 10.2 Å². The van der Waals surface area contributed by atoms with Gasteiger partial charge in [-0.15, -0.1) is 0 Å². The Morgan fingerprint density at radius 2 is 2.17 bits per heavy atom. The Kier molecular flexibility index (Phi) is 5.13. The van der Waals surface area contributed by atoms with E-state index in [4.69, 9.17) is 4.74 Å². The molecule has 2 rings (SSSR count). The second-order valence-electron chi connectivity index (χ2n) is 5.73.